The molecule has 2 heterocycles. The first-order chi connectivity index (χ1) is 15.9. The topological polar surface area (TPSA) is 93.5 Å². The van der Waals surface area contributed by atoms with Gasteiger partial charge in [-0.15, -0.1) is 11.3 Å². The lowest BCUT2D eigenvalue weighted by Crippen LogP contribution is -2.49. The quantitative estimate of drug-likeness (QED) is 0.627. The van der Waals surface area contributed by atoms with Crippen molar-refractivity contribution in [3.05, 3.63) is 46.1 Å². The van der Waals surface area contributed by atoms with E-state index in [-0.39, 0.29) is 30.3 Å². The van der Waals surface area contributed by atoms with E-state index in [1.807, 2.05) is 4.90 Å². The number of nitrogens with one attached hydrogen (secondary N) is 1. The molecule has 2 aliphatic rings. The number of thiophene rings is 1. The Morgan fingerprint density at radius 3 is 2.58 bits per heavy atom. The molecular weight excluding hydrogens is 463 g/mol. The number of aryl methyl sites for hydroxylation is 1. The number of anilines is 1. The molecule has 10 heteroatoms. The van der Waals surface area contributed by atoms with Gasteiger partial charge in [-0.1, -0.05) is 18.6 Å². The van der Waals surface area contributed by atoms with Crippen molar-refractivity contribution in [2.75, 3.05) is 38.0 Å². The molecule has 33 heavy (non-hydrogen) atoms. The molecule has 7 nitrogen and oxygen atoms in total. The van der Waals surface area contributed by atoms with Crippen LogP contribution in [0.2, 0.25) is 0 Å². The predicted molar refractivity (Wildman–Crippen MR) is 125 cm³/mol. The van der Waals surface area contributed by atoms with Crippen LogP contribution in [0.15, 0.2) is 29.2 Å². The number of hydrogen-bond acceptors (Lipinski definition) is 6. The van der Waals surface area contributed by atoms with Gasteiger partial charge in [-0.3, -0.25) is 4.79 Å². The molecule has 0 bridgehead atoms. The number of fused-ring (bicyclic) bond motifs is 1. The summed E-state index contributed by atoms with van der Waals surface area (Å²) in [6, 6.07) is 7.67. The van der Waals surface area contributed by atoms with E-state index in [4.69, 9.17) is 0 Å². The number of piperazine rings is 1. The van der Waals surface area contributed by atoms with Crippen molar-refractivity contribution in [2.45, 2.75) is 43.4 Å². The molecule has 1 saturated heterocycles. The largest absolute Gasteiger partial charge is 0.317 e. The fourth-order valence-corrected chi connectivity index (χ4v) is 7.13. The standard InChI is InChI=1S/C23H27FN4O3S2/c24-19-7-4-5-9-21(19)33(30,31)28-14-12-27(13-15-28)11-10-22(29)26-23-18(16-25)17-6-2-1-3-8-20(17)32-23/h4-5,7,9H,1-3,6,8,10-15H2,(H,26,29). The molecule has 0 saturated carbocycles. The molecule has 1 amide bonds. The van der Waals surface area contributed by atoms with Crippen LogP contribution in [0, 0.1) is 17.1 Å². The number of sulfonamides is 1. The minimum Gasteiger partial charge on any atom is -0.317 e. The van der Waals surface area contributed by atoms with Gasteiger partial charge < -0.3 is 10.2 Å². The number of benzene rings is 1. The molecule has 0 spiro atoms. The highest BCUT2D eigenvalue weighted by Gasteiger charge is 2.30. The Labute approximate surface area is 197 Å². The zero-order valence-electron chi connectivity index (χ0n) is 18.3. The number of rotatable bonds is 6. The van der Waals surface area contributed by atoms with Crippen molar-refractivity contribution in [3.8, 4) is 6.07 Å². The maximum absolute atomic E-state index is 14.0. The van der Waals surface area contributed by atoms with Gasteiger partial charge in [0.1, 0.15) is 21.8 Å². The smallest absolute Gasteiger partial charge is 0.246 e. The van der Waals surface area contributed by atoms with Crippen LogP contribution in [0.25, 0.3) is 0 Å². The predicted octanol–water partition coefficient (Wildman–Crippen LogP) is 3.36. The second-order valence-corrected chi connectivity index (χ2v) is 11.4. The summed E-state index contributed by atoms with van der Waals surface area (Å²) in [4.78, 5) is 15.5. The van der Waals surface area contributed by atoms with Crippen molar-refractivity contribution in [2.24, 2.45) is 0 Å². The Kier molecular flexibility index (Phi) is 7.44. The number of amides is 1. The molecule has 176 valence electrons. The van der Waals surface area contributed by atoms with Crippen molar-refractivity contribution in [1.29, 1.82) is 5.26 Å². The molecule has 1 N–H and O–H groups in total. The molecule has 0 unspecified atom stereocenters. The Morgan fingerprint density at radius 2 is 1.85 bits per heavy atom. The zero-order valence-corrected chi connectivity index (χ0v) is 20.0. The van der Waals surface area contributed by atoms with Gasteiger partial charge in [-0.2, -0.15) is 9.57 Å². The van der Waals surface area contributed by atoms with Crippen LogP contribution in [-0.4, -0.2) is 56.3 Å². The fourth-order valence-electron chi connectivity index (χ4n) is 4.38. The molecule has 0 atom stereocenters. The molecule has 0 radical (unpaired) electrons. The van der Waals surface area contributed by atoms with Crippen LogP contribution in [-0.2, 0) is 27.7 Å². The lowest BCUT2D eigenvalue weighted by atomic mass is 10.1. The lowest BCUT2D eigenvalue weighted by Gasteiger charge is -2.33. The van der Waals surface area contributed by atoms with Gasteiger partial charge in [0, 0.05) is 44.0 Å². The van der Waals surface area contributed by atoms with Crippen LogP contribution in [0.4, 0.5) is 9.39 Å². The van der Waals surface area contributed by atoms with Gasteiger partial charge in [0.05, 0.1) is 5.56 Å². The maximum atomic E-state index is 14.0. The van der Waals surface area contributed by atoms with Gasteiger partial charge >= 0.3 is 0 Å². The average molecular weight is 491 g/mol. The van der Waals surface area contributed by atoms with Crippen LogP contribution >= 0.6 is 11.3 Å². The first kappa shape index (κ1) is 23.8. The third-order valence-electron chi connectivity index (χ3n) is 6.23. The maximum Gasteiger partial charge on any atom is 0.246 e. The van der Waals surface area contributed by atoms with Crippen molar-refractivity contribution in [3.63, 3.8) is 0 Å². The van der Waals surface area contributed by atoms with E-state index >= 15 is 0 Å². The van der Waals surface area contributed by atoms with Gasteiger partial charge in [0.25, 0.3) is 0 Å². The van der Waals surface area contributed by atoms with E-state index in [2.05, 4.69) is 11.4 Å². The van der Waals surface area contributed by atoms with Crippen LogP contribution in [0.1, 0.15) is 41.7 Å². The molecule has 2 aromatic rings. The SMILES string of the molecule is N#Cc1c(NC(=O)CCN2CCN(S(=O)(=O)c3ccccc3F)CC2)sc2c1CCCCC2. The van der Waals surface area contributed by atoms with Crippen LogP contribution in [0.3, 0.4) is 0 Å². The van der Waals surface area contributed by atoms with E-state index in [9.17, 15) is 22.9 Å². The van der Waals surface area contributed by atoms with E-state index < -0.39 is 15.8 Å². The van der Waals surface area contributed by atoms with Crippen molar-refractivity contribution >= 4 is 32.3 Å². The summed E-state index contributed by atoms with van der Waals surface area (Å²) in [5.74, 6) is -0.900. The van der Waals surface area contributed by atoms with Crippen LogP contribution < -0.4 is 5.32 Å². The zero-order chi connectivity index (χ0) is 23.4. The number of halogens is 1. The third-order valence-corrected chi connectivity index (χ3v) is 9.37. The van der Waals surface area contributed by atoms with Crippen LogP contribution in [0.5, 0.6) is 0 Å². The molecule has 1 fully saturated rings. The van der Waals surface area contributed by atoms with Gasteiger partial charge in [0.15, 0.2) is 0 Å². The molecule has 1 aliphatic heterocycles. The number of hydrogen-bond donors (Lipinski definition) is 1. The molecule has 1 aliphatic carbocycles. The first-order valence-corrected chi connectivity index (χ1v) is 13.5. The third kappa shape index (κ3) is 5.27. The van der Waals surface area contributed by atoms with E-state index in [1.54, 1.807) is 0 Å². The van der Waals surface area contributed by atoms with E-state index in [0.29, 0.717) is 30.2 Å². The molecule has 1 aromatic heterocycles. The number of nitrogens with zero attached hydrogens (tertiary/aromatic N) is 3. The minimum atomic E-state index is -3.88. The number of carbonyl (C=O) groups excluding carboxylic acids is 1. The summed E-state index contributed by atoms with van der Waals surface area (Å²) in [6.45, 7) is 1.92. The highest BCUT2D eigenvalue weighted by Crippen LogP contribution is 2.37. The van der Waals surface area contributed by atoms with E-state index in [1.165, 1.54) is 45.1 Å². The van der Waals surface area contributed by atoms with E-state index in [0.717, 1.165) is 37.3 Å². The second-order valence-electron chi connectivity index (χ2n) is 8.35. The van der Waals surface area contributed by atoms with Gasteiger partial charge in [-0.05, 0) is 43.4 Å². The minimum absolute atomic E-state index is 0.149. The Hall–Kier alpha value is -2.32. The molecular formula is C23H27FN4O3S2. The Morgan fingerprint density at radius 1 is 1.12 bits per heavy atom. The summed E-state index contributed by atoms with van der Waals surface area (Å²) in [5, 5.41) is 13.2. The molecule has 4 rings (SSSR count). The first-order valence-electron chi connectivity index (χ1n) is 11.2. The summed E-state index contributed by atoms with van der Waals surface area (Å²) in [6.07, 6.45) is 5.47. The Balaban J connectivity index is 1.30. The average Bonchev–Trinajstić information content (AvgIpc) is 2.96. The number of carbonyl (C=O) groups is 1. The monoisotopic (exact) mass is 490 g/mol. The van der Waals surface area contributed by atoms with Gasteiger partial charge in [0.2, 0.25) is 15.9 Å². The lowest BCUT2D eigenvalue weighted by molar-refractivity contribution is -0.116. The molecule has 1 aromatic carbocycles. The Bertz CT molecular complexity index is 1160. The second kappa shape index (κ2) is 10.3. The number of nitriles is 1. The normalized spacial score (nSPS) is 17.7. The van der Waals surface area contributed by atoms with Crippen molar-refractivity contribution in [1.82, 2.24) is 9.21 Å². The highest BCUT2D eigenvalue weighted by molar-refractivity contribution is 7.89. The summed E-state index contributed by atoms with van der Waals surface area (Å²) in [5.41, 5.74) is 1.71. The summed E-state index contributed by atoms with van der Waals surface area (Å²) >= 11 is 1.52. The highest BCUT2D eigenvalue weighted by atomic mass is 32.2. The fraction of sp³-hybridized carbons (Fsp3) is 0.478. The van der Waals surface area contributed by atoms with Gasteiger partial charge in [-0.25, -0.2) is 12.8 Å². The summed E-state index contributed by atoms with van der Waals surface area (Å²) < 4.78 is 40.7. The van der Waals surface area contributed by atoms with Crippen molar-refractivity contribution < 1.29 is 17.6 Å². The summed E-state index contributed by atoms with van der Waals surface area (Å²) in [7, 11) is -3.88.